The van der Waals surface area contributed by atoms with Crippen molar-refractivity contribution in [3.63, 3.8) is 0 Å². The summed E-state index contributed by atoms with van der Waals surface area (Å²) in [6, 6.07) is 10.4. The number of alkyl halides is 3. The van der Waals surface area contributed by atoms with E-state index in [9.17, 15) is 23.1 Å². The highest BCUT2D eigenvalue weighted by Crippen LogP contribution is 2.33. The lowest BCUT2D eigenvalue weighted by Crippen LogP contribution is -2.50. The molecule has 142 valence electrons. The normalized spacial score (nSPS) is 13.5. The first-order chi connectivity index (χ1) is 12.5. The molecule has 9 heteroatoms. The van der Waals surface area contributed by atoms with Gasteiger partial charge < -0.3 is 15.6 Å². The SMILES string of the molecule is N#Cc1ccc(C[C@](O)(COc2ccc(Cl)cc2)C(N)=O)cc1C(F)(F)F. The first-order valence-corrected chi connectivity index (χ1v) is 7.94. The maximum absolute atomic E-state index is 13.1. The van der Waals surface area contributed by atoms with Crippen LogP contribution in [0.5, 0.6) is 5.75 Å². The quantitative estimate of drug-likeness (QED) is 0.781. The van der Waals surface area contributed by atoms with Crippen molar-refractivity contribution < 1.29 is 27.8 Å². The molecule has 0 bridgehead atoms. The van der Waals surface area contributed by atoms with E-state index in [1.54, 1.807) is 0 Å². The Bertz CT molecular complexity index is 879. The smallest absolute Gasteiger partial charge is 0.417 e. The Labute approximate surface area is 157 Å². The number of halogens is 4. The predicted octanol–water partition coefficient (Wildman–Crippen LogP) is 3.07. The van der Waals surface area contributed by atoms with Gasteiger partial charge in [0.25, 0.3) is 5.91 Å². The zero-order chi connectivity index (χ0) is 20.2. The molecule has 27 heavy (non-hydrogen) atoms. The summed E-state index contributed by atoms with van der Waals surface area (Å²) in [6.07, 6.45) is -5.28. The van der Waals surface area contributed by atoms with Crippen LogP contribution in [-0.4, -0.2) is 23.2 Å². The van der Waals surface area contributed by atoms with Crippen LogP contribution < -0.4 is 10.5 Å². The zero-order valence-corrected chi connectivity index (χ0v) is 14.5. The molecule has 0 aliphatic rings. The lowest BCUT2D eigenvalue weighted by molar-refractivity contribution is -0.139. The summed E-state index contributed by atoms with van der Waals surface area (Å²) in [5.41, 5.74) is 1.22. The minimum Gasteiger partial charge on any atom is -0.490 e. The fraction of sp³-hybridized carbons (Fsp3) is 0.222. The number of amides is 1. The van der Waals surface area contributed by atoms with Crippen LogP contribution >= 0.6 is 11.6 Å². The fourth-order valence-corrected chi connectivity index (χ4v) is 2.44. The van der Waals surface area contributed by atoms with Gasteiger partial charge in [0, 0.05) is 11.4 Å². The molecule has 2 aromatic carbocycles. The molecule has 5 nitrogen and oxygen atoms in total. The predicted molar refractivity (Wildman–Crippen MR) is 91.0 cm³/mol. The van der Waals surface area contributed by atoms with Crippen molar-refractivity contribution in [2.24, 2.45) is 5.73 Å². The van der Waals surface area contributed by atoms with Crippen molar-refractivity contribution in [2.75, 3.05) is 6.61 Å². The van der Waals surface area contributed by atoms with E-state index in [-0.39, 0.29) is 11.3 Å². The molecule has 0 radical (unpaired) electrons. The molecule has 0 spiro atoms. The summed E-state index contributed by atoms with van der Waals surface area (Å²) < 4.78 is 44.5. The van der Waals surface area contributed by atoms with E-state index in [4.69, 9.17) is 27.3 Å². The number of aliphatic hydroxyl groups is 1. The van der Waals surface area contributed by atoms with E-state index >= 15 is 0 Å². The standard InChI is InChI=1S/C18H14ClF3N2O3/c19-13-3-5-14(6-4-13)27-10-17(26,16(24)25)8-11-1-2-12(9-23)15(7-11)18(20,21)22/h1-7,26H,8,10H2,(H2,24,25)/t17-/m0/s1. The third-order valence-corrected chi connectivity index (χ3v) is 4.01. The molecule has 0 aliphatic heterocycles. The van der Waals surface area contributed by atoms with Crippen molar-refractivity contribution in [1.82, 2.24) is 0 Å². The Balaban J connectivity index is 2.26. The van der Waals surface area contributed by atoms with Crippen molar-refractivity contribution in [3.05, 3.63) is 64.2 Å². The van der Waals surface area contributed by atoms with Gasteiger partial charge in [-0.25, -0.2) is 0 Å². The van der Waals surface area contributed by atoms with E-state index in [0.717, 1.165) is 6.07 Å². The van der Waals surface area contributed by atoms with E-state index < -0.39 is 41.8 Å². The molecule has 0 heterocycles. The minimum absolute atomic E-state index is 0.0256. The van der Waals surface area contributed by atoms with Gasteiger partial charge >= 0.3 is 6.18 Å². The van der Waals surface area contributed by atoms with Crippen LogP contribution in [0, 0.1) is 11.3 Å². The van der Waals surface area contributed by atoms with Crippen molar-refractivity contribution in [1.29, 1.82) is 5.26 Å². The Morgan fingerprint density at radius 2 is 1.85 bits per heavy atom. The van der Waals surface area contributed by atoms with Gasteiger partial charge in [-0.3, -0.25) is 4.79 Å². The van der Waals surface area contributed by atoms with Crippen LogP contribution in [0.1, 0.15) is 16.7 Å². The number of primary amides is 1. The fourth-order valence-electron chi connectivity index (χ4n) is 2.31. The molecule has 0 saturated carbocycles. The van der Waals surface area contributed by atoms with Crippen LogP contribution in [0.15, 0.2) is 42.5 Å². The number of hydrogen-bond acceptors (Lipinski definition) is 4. The number of nitrogens with two attached hydrogens (primary N) is 1. The maximum Gasteiger partial charge on any atom is 0.417 e. The summed E-state index contributed by atoms with van der Waals surface area (Å²) in [4.78, 5) is 11.7. The third-order valence-electron chi connectivity index (χ3n) is 3.76. The van der Waals surface area contributed by atoms with Crippen LogP contribution in [0.25, 0.3) is 0 Å². The van der Waals surface area contributed by atoms with Gasteiger partial charge in [-0.05, 0) is 42.0 Å². The first kappa shape index (κ1) is 20.6. The van der Waals surface area contributed by atoms with E-state index in [2.05, 4.69) is 0 Å². The number of rotatable bonds is 6. The Kier molecular flexibility index (Phi) is 5.98. The molecular weight excluding hydrogens is 385 g/mol. The van der Waals surface area contributed by atoms with Gasteiger partial charge in [-0.2, -0.15) is 18.4 Å². The van der Waals surface area contributed by atoms with E-state index in [1.807, 2.05) is 0 Å². The number of nitriles is 1. The summed E-state index contributed by atoms with van der Waals surface area (Å²) in [5.74, 6) is -0.871. The topological polar surface area (TPSA) is 96.3 Å². The Morgan fingerprint density at radius 1 is 1.22 bits per heavy atom. The largest absolute Gasteiger partial charge is 0.490 e. The molecule has 0 saturated heterocycles. The third kappa shape index (κ3) is 5.12. The lowest BCUT2D eigenvalue weighted by atomic mass is 9.92. The van der Waals surface area contributed by atoms with Crippen molar-refractivity contribution >= 4 is 17.5 Å². The lowest BCUT2D eigenvalue weighted by Gasteiger charge is -2.25. The van der Waals surface area contributed by atoms with Gasteiger partial charge in [-0.1, -0.05) is 17.7 Å². The minimum atomic E-state index is -4.76. The number of carbonyl (C=O) groups excluding carboxylic acids is 1. The zero-order valence-electron chi connectivity index (χ0n) is 13.8. The summed E-state index contributed by atoms with van der Waals surface area (Å²) in [6.45, 7) is -0.578. The highest BCUT2D eigenvalue weighted by atomic mass is 35.5. The van der Waals surface area contributed by atoms with Gasteiger partial charge in [0.05, 0.1) is 17.2 Å². The van der Waals surface area contributed by atoms with Crippen LogP contribution in [-0.2, 0) is 17.4 Å². The number of benzene rings is 2. The molecule has 0 fully saturated rings. The molecule has 2 aromatic rings. The summed E-state index contributed by atoms with van der Waals surface area (Å²) in [7, 11) is 0. The van der Waals surface area contributed by atoms with Crippen LogP contribution in [0.3, 0.4) is 0 Å². The van der Waals surface area contributed by atoms with Gasteiger partial charge in [0.2, 0.25) is 0 Å². The number of carbonyl (C=O) groups is 1. The first-order valence-electron chi connectivity index (χ1n) is 7.56. The maximum atomic E-state index is 13.1. The average Bonchev–Trinajstić information content (AvgIpc) is 2.60. The molecule has 2 rings (SSSR count). The molecule has 1 atom stereocenters. The van der Waals surface area contributed by atoms with E-state index in [1.165, 1.54) is 36.4 Å². The molecule has 0 unspecified atom stereocenters. The monoisotopic (exact) mass is 398 g/mol. The second-order valence-corrected chi connectivity index (χ2v) is 6.24. The highest BCUT2D eigenvalue weighted by molar-refractivity contribution is 6.30. The van der Waals surface area contributed by atoms with Crippen LogP contribution in [0.4, 0.5) is 13.2 Å². The van der Waals surface area contributed by atoms with Gasteiger partial charge in [-0.15, -0.1) is 0 Å². The number of hydrogen-bond donors (Lipinski definition) is 2. The summed E-state index contributed by atoms with van der Waals surface area (Å²) >= 11 is 5.74. The summed E-state index contributed by atoms with van der Waals surface area (Å²) in [5, 5.41) is 19.8. The average molecular weight is 399 g/mol. The second kappa shape index (κ2) is 7.86. The molecule has 1 amide bonds. The van der Waals surface area contributed by atoms with Crippen molar-refractivity contribution in [3.8, 4) is 11.8 Å². The molecular formula is C18H14ClF3N2O3. The highest BCUT2D eigenvalue weighted by Gasteiger charge is 2.38. The molecule has 0 aromatic heterocycles. The number of ether oxygens (including phenoxy) is 1. The van der Waals surface area contributed by atoms with Gasteiger partial charge in [0.1, 0.15) is 12.4 Å². The second-order valence-electron chi connectivity index (χ2n) is 5.80. The van der Waals surface area contributed by atoms with Gasteiger partial charge in [0.15, 0.2) is 5.60 Å². The van der Waals surface area contributed by atoms with Crippen LogP contribution in [0.2, 0.25) is 5.02 Å². The van der Waals surface area contributed by atoms with Crippen molar-refractivity contribution in [2.45, 2.75) is 18.2 Å². The number of nitrogens with zero attached hydrogens (tertiary/aromatic N) is 1. The van der Waals surface area contributed by atoms with E-state index in [0.29, 0.717) is 11.1 Å². The Hall–Kier alpha value is -2.76. The Morgan fingerprint density at radius 3 is 2.37 bits per heavy atom. The molecule has 0 aliphatic carbocycles. The molecule has 3 N–H and O–H groups in total.